The summed E-state index contributed by atoms with van der Waals surface area (Å²) in [5, 5.41) is 9.37. The Morgan fingerprint density at radius 1 is 1.11 bits per heavy atom. The fraction of sp³-hybridized carbons (Fsp3) is 0.600. The molecule has 0 unspecified atom stereocenters. The second kappa shape index (κ2) is 6.74. The summed E-state index contributed by atoms with van der Waals surface area (Å²) in [6.07, 6.45) is 0. The summed E-state index contributed by atoms with van der Waals surface area (Å²) in [7, 11) is 0. The number of anilines is 1. The van der Waals surface area contributed by atoms with Crippen molar-refractivity contribution in [2.24, 2.45) is 11.8 Å². The minimum absolute atomic E-state index is 0.125. The van der Waals surface area contributed by atoms with E-state index < -0.39 is 0 Å². The maximum Gasteiger partial charge on any atom is 0.146 e. The standard InChI is InChI=1S/C15H24FNO/c1-11(2)8-17(9-12(3)4)15-13(10-18)6-5-7-14(15)16/h5-7,11-12,18H,8-10H2,1-4H3. The average molecular weight is 253 g/mol. The van der Waals surface area contributed by atoms with Crippen molar-refractivity contribution >= 4 is 5.69 Å². The molecule has 0 radical (unpaired) electrons. The van der Waals surface area contributed by atoms with Crippen molar-refractivity contribution in [1.82, 2.24) is 0 Å². The lowest BCUT2D eigenvalue weighted by Gasteiger charge is -2.30. The molecule has 1 rings (SSSR count). The van der Waals surface area contributed by atoms with E-state index in [2.05, 4.69) is 32.6 Å². The SMILES string of the molecule is CC(C)CN(CC(C)C)c1c(F)cccc1CO. The first kappa shape index (κ1) is 15.0. The van der Waals surface area contributed by atoms with Gasteiger partial charge in [0.05, 0.1) is 12.3 Å². The molecular formula is C15H24FNO. The normalized spacial score (nSPS) is 11.3. The van der Waals surface area contributed by atoms with E-state index in [4.69, 9.17) is 0 Å². The van der Waals surface area contributed by atoms with Gasteiger partial charge in [-0.3, -0.25) is 0 Å². The summed E-state index contributed by atoms with van der Waals surface area (Å²) in [6.45, 7) is 9.94. The highest BCUT2D eigenvalue weighted by molar-refractivity contribution is 5.54. The number of benzene rings is 1. The summed E-state index contributed by atoms with van der Waals surface area (Å²) in [6, 6.07) is 4.89. The number of aliphatic hydroxyl groups is 1. The van der Waals surface area contributed by atoms with Crippen LogP contribution in [0.3, 0.4) is 0 Å². The molecule has 3 heteroatoms. The smallest absolute Gasteiger partial charge is 0.146 e. The molecular weight excluding hydrogens is 229 g/mol. The molecule has 1 aromatic carbocycles. The first-order chi connectivity index (χ1) is 8.45. The van der Waals surface area contributed by atoms with Crippen molar-refractivity contribution in [1.29, 1.82) is 0 Å². The maximum atomic E-state index is 14.0. The van der Waals surface area contributed by atoms with Gasteiger partial charge in [0.25, 0.3) is 0 Å². The predicted octanol–water partition coefficient (Wildman–Crippen LogP) is 3.44. The summed E-state index contributed by atoms with van der Waals surface area (Å²) in [5.41, 5.74) is 1.22. The molecule has 2 nitrogen and oxygen atoms in total. The Balaban J connectivity index is 3.10. The monoisotopic (exact) mass is 253 g/mol. The van der Waals surface area contributed by atoms with Crippen LogP contribution in [0.1, 0.15) is 33.3 Å². The summed E-state index contributed by atoms with van der Waals surface area (Å²) < 4.78 is 14.0. The van der Waals surface area contributed by atoms with Crippen LogP contribution in [0.25, 0.3) is 0 Å². The average Bonchev–Trinajstić information content (AvgIpc) is 2.26. The summed E-state index contributed by atoms with van der Waals surface area (Å²) in [5.74, 6) is 0.660. The molecule has 0 aliphatic rings. The lowest BCUT2D eigenvalue weighted by molar-refractivity contribution is 0.281. The van der Waals surface area contributed by atoms with Crippen LogP contribution in [0.5, 0.6) is 0 Å². The lowest BCUT2D eigenvalue weighted by Crippen LogP contribution is -2.32. The molecule has 0 amide bonds. The minimum Gasteiger partial charge on any atom is -0.392 e. The fourth-order valence-corrected chi connectivity index (χ4v) is 2.18. The quantitative estimate of drug-likeness (QED) is 0.839. The van der Waals surface area contributed by atoms with Crippen molar-refractivity contribution in [2.45, 2.75) is 34.3 Å². The molecule has 1 aromatic rings. The van der Waals surface area contributed by atoms with Crippen LogP contribution >= 0.6 is 0 Å². The molecule has 0 aliphatic carbocycles. The lowest BCUT2D eigenvalue weighted by atomic mass is 10.1. The third-order valence-electron chi connectivity index (χ3n) is 2.73. The molecule has 0 aromatic heterocycles. The number of halogens is 1. The van der Waals surface area contributed by atoms with Gasteiger partial charge in [-0.1, -0.05) is 39.8 Å². The number of rotatable bonds is 6. The topological polar surface area (TPSA) is 23.5 Å². The number of para-hydroxylation sites is 1. The second-order valence-electron chi connectivity index (χ2n) is 5.60. The highest BCUT2D eigenvalue weighted by Crippen LogP contribution is 2.26. The molecule has 0 fully saturated rings. The fourth-order valence-electron chi connectivity index (χ4n) is 2.18. The Morgan fingerprint density at radius 3 is 2.11 bits per heavy atom. The molecule has 0 aliphatic heterocycles. The third kappa shape index (κ3) is 3.98. The molecule has 0 bridgehead atoms. The molecule has 0 heterocycles. The first-order valence-electron chi connectivity index (χ1n) is 6.58. The van der Waals surface area contributed by atoms with E-state index >= 15 is 0 Å². The van der Waals surface area contributed by atoms with E-state index in [0.717, 1.165) is 13.1 Å². The van der Waals surface area contributed by atoms with Gasteiger partial charge in [-0.25, -0.2) is 4.39 Å². The Kier molecular flexibility index (Phi) is 5.60. The van der Waals surface area contributed by atoms with Gasteiger partial charge in [-0.2, -0.15) is 0 Å². The molecule has 18 heavy (non-hydrogen) atoms. The Hall–Kier alpha value is -1.09. The van der Waals surface area contributed by atoms with Crippen LogP contribution in [0.2, 0.25) is 0 Å². The number of nitrogens with zero attached hydrogens (tertiary/aromatic N) is 1. The Morgan fingerprint density at radius 2 is 1.67 bits per heavy atom. The molecule has 0 saturated carbocycles. The van der Waals surface area contributed by atoms with Gasteiger partial charge in [0.2, 0.25) is 0 Å². The van der Waals surface area contributed by atoms with Crippen molar-refractivity contribution in [3.63, 3.8) is 0 Å². The number of hydrogen-bond donors (Lipinski definition) is 1. The first-order valence-corrected chi connectivity index (χ1v) is 6.58. The Labute approximate surface area is 109 Å². The zero-order chi connectivity index (χ0) is 13.7. The van der Waals surface area contributed by atoms with Crippen LogP contribution in [0.15, 0.2) is 18.2 Å². The second-order valence-corrected chi connectivity index (χ2v) is 5.60. The zero-order valence-electron chi connectivity index (χ0n) is 11.8. The van der Waals surface area contributed by atoms with Crippen molar-refractivity contribution in [2.75, 3.05) is 18.0 Å². The van der Waals surface area contributed by atoms with E-state index in [0.29, 0.717) is 23.1 Å². The van der Waals surface area contributed by atoms with Crippen molar-refractivity contribution < 1.29 is 9.50 Å². The zero-order valence-corrected chi connectivity index (χ0v) is 11.8. The van der Waals surface area contributed by atoms with Gasteiger partial charge in [0.1, 0.15) is 5.82 Å². The van der Waals surface area contributed by atoms with Crippen molar-refractivity contribution in [3.8, 4) is 0 Å². The summed E-state index contributed by atoms with van der Waals surface area (Å²) in [4.78, 5) is 2.05. The number of hydrogen-bond acceptors (Lipinski definition) is 2. The Bertz CT molecular complexity index is 367. The molecule has 0 spiro atoms. The largest absolute Gasteiger partial charge is 0.392 e. The van der Waals surface area contributed by atoms with E-state index in [1.807, 2.05) is 0 Å². The molecule has 0 atom stereocenters. The van der Waals surface area contributed by atoms with E-state index in [1.165, 1.54) is 6.07 Å². The third-order valence-corrected chi connectivity index (χ3v) is 2.73. The van der Waals surface area contributed by atoms with Crippen LogP contribution in [0, 0.1) is 17.7 Å². The van der Waals surface area contributed by atoms with Crippen LogP contribution in [0.4, 0.5) is 10.1 Å². The molecule has 0 saturated heterocycles. The van der Waals surface area contributed by atoms with Crippen LogP contribution in [-0.2, 0) is 6.61 Å². The predicted molar refractivity (Wildman–Crippen MR) is 74.2 cm³/mol. The van der Waals surface area contributed by atoms with Crippen molar-refractivity contribution in [3.05, 3.63) is 29.6 Å². The van der Waals surface area contributed by atoms with Gasteiger partial charge >= 0.3 is 0 Å². The summed E-state index contributed by atoms with van der Waals surface area (Å²) >= 11 is 0. The van der Waals surface area contributed by atoms with E-state index in [-0.39, 0.29) is 12.4 Å². The minimum atomic E-state index is -0.247. The van der Waals surface area contributed by atoms with Gasteiger partial charge in [0, 0.05) is 18.7 Å². The van der Waals surface area contributed by atoms with Crippen LogP contribution in [-0.4, -0.2) is 18.2 Å². The van der Waals surface area contributed by atoms with Gasteiger partial charge in [-0.15, -0.1) is 0 Å². The highest BCUT2D eigenvalue weighted by Gasteiger charge is 2.17. The van der Waals surface area contributed by atoms with Gasteiger partial charge < -0.3 is 10.0 Å². The van der Waals surface area contributed by atoms with E-state index in [1.54, 1.807) is 12.1 Å². The van der Waals surface area contributed by atoms with Crippen LogP contribution < -0.4 is 4.90 Å². The van der Waals surface area contributed by atoms with Gasteiger partial charge in [0.15, 0.2) is 0 Å². The maximum absolute atomic E-state index is 14.0. The highest BCUT2D eigenvalue weighted by atomic mass is 19.1. The number of aliphatic hydroxyl groups excluding tert-OH is 1. The van der Waals surface area contributed by atoms with Gasteiger partial charge in [-0.05, 0) is 17.9 Å². The van der Waals surface area contributed by atoms with E-state index in [9.17, 15) is 9.50 Å². The molecule has 102 valence electrons. The molecule has 1 N–H and O–H groups in total.